The summed E-state index contributed by atoms with van der Waals surface area (Å²) in [5, 5.41) is 10.9. The van der Waals surface area contributed by atoms with E-state index in [1.807, 2.05) is 55.4 Å². The lowest BCUT2D eigenvalue weighted by molar-refractivity contribution is -0.132. The van der Waals surface area contributed by atoms with Crippen LogP contribution in [0.3, 0.4) is 0 Å². The van der Waals surface area contributed by atoms with E-state index >= 15 is 0 Å². The topological polar surface area (TPSA) is 198 Å². The highest BCUT2D eigenvalue weighted by atomic mass is 16.6. The van der Waals surface area contributed by atoms with Crippen LogP contribution in [0.4, 0.5) is 15.3 Å². The summed E-state index contributed by atoms with van der Waals surface area (Å²) in [7, 11) is 1.51. The van der Waals surface area contributed by atoms with Crippen molar-refractivity contribution >= 4 is 41.3 Å². The predicted octanol–water partition coefficient (Wildman–Crippen LogP) is 6.31. The Morgan fingerprint density at radius 1 is 0.891 bits per heavy atom. The number of nitrogens with one attached hydrogen (secondary N) is 4. The molecular weight excluding hydrogens is 704 g/mol. The number of carbonyl (C=O) groups is 6. The standard InChI is InChI=1S/C39H66N6O8.C2H6/c1-11-27(5)31(46)24-45(10)37(51)52-25-28-15-17-29(18-16-28)42-34(48)30(14-13-22-41-36(40)50)43-35(49)33(26(3)4)44-32(47)19-20-39(8,9)53-23-21-38(6,7)12-2;1-2/h15-18,26-27,30,33H,11-14,19-25H2,1-10H3,(H,42,48)(H,43,49)(H,44,47)(H3,40,41,50);1-2H3. The first-order valence-corrected chi connectivity index (χ1v) is 19.8. The third kappa shape index (κ3) is 21.5. The van der Waals surface area contributed by atoms with Gasteiger partial charge in [0.05, 0.1) is 12.1 Å². The van der Waals surface area contributed by atoms with Gasteiger partial charge in [0.1, 0.15) is 18.7 Å². The van der Waals surface area contributed by atoms with Crippen LogP contribution in [-0.2, 0) is 35.3 Å². The van der Waals surface area contributed by atoms with Gasteiger partial charge in [-0.15, -0.1) is 0 Å². The molecule has 0 spiro atoms. The predicted molar refractivity (Wildman–Crippen MR) is 217 cm³/mol. The smallest absolute Gasteiger partial charge is 0.410 e. The number of ether oxygens (including phenoxy) is 2. The molecule has 1 aromatic rings. The molecular formula is C41H72N6O8. The zero-order chi connectivity index (χ0) is 42.4. The Morgan fingerprint density at radius 3 is 2.05 bits per heavy atom. The van der Waals surface area contributed by atoms with Gasteiger partial charge in [-0.2, -0.15) is 0 Å². The maximum Gasteiger partial charge on any atom is 0.410 e. The number of hydrogen-bond donors (Lipinski definition) is 5. The Labute approximate surface area is 330 Å². The molecule has 3 atom stereocenters. The van der Waals surface area contributed by atoms with Crippen LogP contribution in [0.1, 0.15) is 127 Å². The van der Waals surface area contributed by atoms with Gasteiger partial charge in [-0.3, -0.25) is 19.2 Å². The number of amides is 6. The number of Topliss-reactive ketones (excluding diaryl/α,β-unsaturated/α-hetero) is 1. The number of likely N-dealkylation sites (N-methyl/N-ethyl adjacent to an activating group) is 1. The number of primary amides is 1. The Bertz CT molecular complexity index is 1350. The minimum absolute atomic E-state index is 0.0365. The number of urea groups is 1. The lowest BCUT2D eigenvalue weighted by atomic mass is 9.87. The minimum atomic E-state index is -0.996. The van der Waals surface area contributed by atoms with E-state index in [9.17, 15) is 28.8 Å². The summed E-state index contributed by atoms with van der Waals surface area (Å²) in [6.45, 7) is 22.5. The minimum Gasteiger partial charge on any atom is -0.445 e. The van der Waals surface area contributed by atoms with E-state index < -0.39 is 41.6 Å². The van der Waals surface area contributed by atoms with Crippen molar-refractivity contribution in [2.45, 2.75) is 145 Å². The first kappa shape index (κ1) is 50.8. The molecule has 6 amide bonds. The van der Waals surface area contributed by atoms with Crippen molar-refractivity contribution < 1.29 is 38.2 Å². The third-order valence-electron chi connectivity index (χ3n) is 9.50. The van der Waals surface area contributed by atoms with Crippen molar-refractivity contribution in [3.63, 3.8) is 0 Å². The van der Waals surface area contributed by atoms with Crippen molar-refractivity contribution in [1.29, 1.82) is 0 Å². The van der Waals surface area contributed by atoms with Gasteiger partial charge in [0, 0.05) is 38.2 Å². The summed E-state index contributed by atoms with van der Waals surface area (Å²) in [4.78, 5) is 77.0. The fraction of sp³-hybridized carbons (Fsp3) is 0.707. The average Bonchev–Trinajstić information content (AvgIpc) is 3.13. The highest BCUT2D eigenvalue weighted by molar-refractivity contribution is 5.98. The van der Waals surface area contributed by atoms with Crippen LogP contribution in [0.25, 0.3) is 0 Å². The molecule has 0 bridgehead atoms. The summed E-state index contributed by atoms with van der Waals surface area (Å²) in [5.41, 5.74) is 5.93. The monoisotopic (exact) mass is 777 g/mol. The van der Waals surface area contributed by atoms with E-state index in [0.29, 0.717) is 37.1 Å². The molecule has 0 aliphatic carbocycles. The number of anilines is 1. The van der Waals surface area contributed by atoms with Crippen LogP contribution in [0.2, 0.25) is 0 Å². The zero-order valence-electron chi connectivity index (χ0n) is 35.7. The normalized spacial score (nSPS) is 13.0. The summed E-state index contributed by atoms with van der Waals surface area (Å²) >= 11 is 0. The zero-order valence-corrected chi connectivity index (χ0v) is 35.7. The van der Waals surface area contributed by atoms with Crippen molar-refractivity contribution in [2.75, 3.05) is 32.1 Å². The number of ketones is 1. The largest absolute Gasteiger partial charge is 0.445 e. The molecule has 0 aliphatic heterocycles. The number of hydrogen-bond acceptors (Lipinski definition) is 8. The van der Waals surface area contributed by atoms with Crippen LogP contribution in [-0.4, -0.2) is 85.0 Å². The highest BCUT2D eigenvalue weighted by Crippen LogP contribution is 2.26. The Balaban J connectivity index is 0.0000143. The SMILES string of the molecule is CC.CCC(C)C(=O)CN(C)C(=O)OCc1ccc(NC(=O)C(CCCNC(N)=O)NC(=O)C(NC(=O)CCC(C)(C)OCCC(C)(C)CC)C(C)C)cc1. The molecule has 0 aromatic heterocycles. The fourth-order valence-electron chi connectivity index (χ4n) is 4.95. The fourth-order valence-corrected chi connectivity index (χ4v) is 4.95. The molecule has 1 rings (SSSR count). The van der Waals surface area contributed by atoms with Gasteiger partial charge in [-0.1, -0.05) is 80.9 Å². The van der Waals surface area contributed by atoms with Crippen molar-refractivity contribution in [3.8, 4) is 0 Å². The van der Waals surface area contributed by atoms with Crippen molar-refractivity contribution in [2.24, 2.45) is 23.0 Å². The van der Waals surface area contributed by atoms with Gasteiger partial charge >= 0.3 is 12.1 Å². The van der Waals surface area contributed by atoms with Gasteiger partial charge < -0.3 is 41.4 Å². The summed E-state index contributed by atoms with van der Waals surface area (Å²) < 4.78 is 11.4. The van der Waals surface area contributed by atoms with Gasteiger partial charge in [-0.25, -0.2) is 9.59 Å². The van der Waals surface area contributed by atoms with E-state index in [1.165, 1.54) is 11.9 Å². The molecule has 6 N–H and O–H groups in total. The van der Waals surface area contributed by atoms with E-state index in [2.05, 4.69) is 42.0 Å². The molecule has 1 aromatic carbocycles. The molecule has 0 aliphatic rings. The lowest BCUT2D eigenvalue weighted by Gasteiger charge is -2.29. The molecule has 55 heavy (non-hydrogen) atoms. The van der Waals surface area contributed by atoms with Gasteiger partial charge in [0.15, 0.2) is 5.78 Å². The number of nitrogens with zero attached hydrogens (tertiary/aromatic N) is 1. The van der Waals surface area contributed by atoms with Gasteiger partial charge in [0.2, 0.25) is 17.7 Å². The number of carbonyl (C=O) groups excluding carboxylic acids is 6. The van der Waals surface area contributed by atoms with Gasteiger partial charge in [-0.05, 0) is 75.0 Å². The summed E-state index contributed by atoms with van der Waals surface area (Å²) in [6.07, 6.45) is 3.16. The van der Waals surface area contributed by atoms with Crippen LogP contribution in [0, 0.1) is 17.3 Å². The second kappa shape index (κ2) is 25.8. The number of rotatable bonds is 24. The maximum absolute atomic E-state index is 13.5. The van der Waals surface area contributed by atoms with Gasteiger partial charge in [0.25, 0.3) is 0 Å². The Kier molecular flexibility index (Phi) is 23.8. The van der Waals surface area contributed by atoms with Crippen molar-refractivity contribution in [1.82, 2.24) is 20.9 Å². The molecule has 14 nitrogen and oxygen atoms in total. The van der Waals surface area contributed by atoms with Crippen LogP contribution in [0.15, 0.2) is 24.3 Å². The lowest BCUT2D eigenvalue weighted by Crippen LogP contribution is -2.54. The molecule has 0 fully saturated rings. The molecule has 0 saturated heterocycles. The highest BCUT2D eigenvalue weighted by Gasteiger charge is 2.30. The molecule has 0 radical (unpaired) electrons. The maximum atomic E-state index is 13.5. The van der Waals surface area contributed by atoms with E-state index in [-0.39, 0.29) is 61.5 Å². The molecule has 314 valence electrons. The number of nitrogens with two attached hydrogens (primary N) is 1. The Hall–Kier alpha value is -4.20. The molecule has 0 heterocycles. The first-order valence-electron chi connectivity index (χ1n) is 19.8. The van der Waals surface area contributed by atoms with E-state index in [0.717, 1.165) is 12.8 Å². The quantitative estimate of drug-likeness (QED) is 0.0753. The third-order valence-corrected chi connectivity index (χ3v) is 9.50. The van der Waals surface area contributed by atoms with E-state index in [4.69, 9.17) is 15.2 Å². The first-order chi connectivity index (χ1) is 25.7. The summed E-state index contributed by atoms with van der Waals surface area (Å²) in [6, 6.07) is 4.04. The second-order valence-electron chi connectivity index (χ2n) is 15.5. The van der Waals surface area contributed by atoms with Crippen LogP contribution < -0.4 is 27.0 Å². The van der Waals surface area contributed by atoms with Crippen LogP contribution >= 0.6 is 0 Å². The van der Waals surface area contributed by atoms with Crippen LogP contribution in [0.5, 0.6) is 0 Å². The molecule has 14 heteroatoms. The summed E-state index contributed by atoms with van der Waals surface area (Å²) in [5.74, 6) is -1.77. The Morgan fingerprint density at radius 2 is 1.51 bits per heavy atom. The van der Waals surface area contributed by atoms with Crippen molar-refractivity contribution in [3.05, 3.63) is 29.8 Å². The molecule has 3 unspecified atom stereocenters. The average molecular weight is 777 g/mol. The van der Waals surface area contributed by atoms with E-state index in [1.54, 1.807) is 24.3 Å². The molecule has 0 saturated carbocycles. The second-order valence-corrected chi connectivity index (χ2v) is 15.5. The number of benzene rings is 1.